The summed E-state index contributed by atoms with van der Waals surface area (Å²) in [6, 6.07) is 5.74. The van der Waals surface area contributed by atoms with Crippen LogP contribution in [0, 0.1) is 10.1 Å². The highest BCUT2D eigenvalue weighted by Crippen LogP contribution is 2.28. The molecule has 2 heterocycles. The lowest BCUT2D eigenvalue weighted by atomic mass is 10.2. The average molecular weight is 343 g/mol. The molecule has 0 aliphatic rings. The number of benzene rings is 1. The topological polar surface area (TPSA) is 114 Å². The van der Waals surface area contributed by atoms with Gasteiger partial charge in [0, 0.05) is 22.6 Å². The molecule has 2 aromatic heterocycles. The molecule has 0 bridgehead atoms. The summed E-state index contributed by atoms with van der Waals surface area (Å²) in [7, 11) is 0. The summed E-state index contributed by atoms with van der Waals surface area (Å²) in [6.45, 7) is 2.06. The van der Waals surface area contributed by atoms with Crippen molar-refractivity contribution in [3.63, 3.8) is 0 Å². The van der Waals surface area contributed by atoms with Crippen LogP contribution in [0.25, 0.3) is 10.2 Å². The third-order valence-electron chi connectivity index (χ3n) is 3.32. The first-order valence-corrected chi connectivity index (χ1v) is 7.90. The van der Waals surface area contributed by atoms with Gasteiger partial charge in [-0.25, -0.2) is 9.97 Å². The van der Waals surface area contributed by atoms with Crippen LogP contribution in [-0.2, 0) is 6.42 Å². The highest BCUT2D eigenvalue weighted by molar-refractivity contribution is 7.18. The minimum absolute atomic E-state index is 0.0946. The smallest absolute Gasteiger partial charge is 0.270 e. The number of nitrogens with zero attached hydrogens (tertiary/aromatic N) is 4. The summed E-state index contributed by atoms with van der Waals surface area (Å²) in [4.78, 5) is 20.7. The van der Waals surface area contributed by atoms with Crippen molar-refractivity contribution < 1.29 is 10.0 Å². The quantitative estimate of drug-likeness (QED) is 0.417. The lowest BCUT2D eigenvalue weighted by Gasteiger charge is -2.01. The van der Waals surface area contributed by atoms with Gasteiger partial charge >= 0.3 is 0 Å². The Bertz CT molecular complexity index is 938. The molecule has 1 aromatic carbocycles. The van der Waals surface area contributed by atoms with E-state index >= 15 is 0 Å². The monoisotopic (exact) mass is 343 g/mol. The molecular weight excluding hydrogens is 330 g/mol. The molecule has 0 fully saturated rings. The summed E-state index contributed by atoms with van der Waals surface area (Å²) in [5.74, 6) is 0.444. The van der Waals surface area contributed by atoms with Crippen LogP contribution >= 0.6 is 11.3 Å². The Balaban J connectivity index is 1.86. The number of nitro groups is 1. The summed E-state index contributed by atoms with van der Waals surface area (Å²) < 4.78 is 0. The van der Waals surface area contributed by atoms with E-state index in [4.69, 9.17) is 0 Å². The molecule has 0 spiro atoms. The van der Waals surface area contributed by atoms with Gasteiger partial charge in [-0.05, 0) is 18.6 Å². The maximum absolute atomic E-state index is 10.8. The van der Waals surface area contributed by atoms with Crippen LogP contribution in [0.15, 0.2) is 35.7 Å². The summed E-state index contributed by atoms with van der Waals surface area (Å²) >= 11 is 1.59. The number of fused-ring (bicyclic) bond motifs is 1. The molecule has 3 rings (SSSR count). The second-order valence-electron chi connectivity index (χ2n) is 4.88. The number of hydrogen-bond donors (Lipinski definition) is 2. The number of aromatic hydroxyl groups is 1. The first-order chi connectivity index (χ1) is 11.6. The number of hydrogen-bond acceptors (Lipinski definition) is 8. The number of phenolic OH excluding ortho intramolecular Hbond substituents is 1. The fourth-order valence-corrected chi connectivity index (χ4v) is 3.03. The van der Waals surface area contributed by atoms with Gasteiger partial charge < -0.3 is 5.11 Å². The number of aryl methyl sites for hydroxylation is 1. The van der Waals surface area contributed by atoms with Gasteiger partial charge in [0.25, 0.3) is 5.69 Å². The van der Waals surface area contributed by atoms with Crippen molar-refractivity contribution in [2.75, 3.05) is 5.43 Å². The molecule has 8 nitrogen and oxygen atoms in total. The van der Waals surface area contributed by atoms with Crippen LogP contribution in [-0.4, -0.2) is 26.2 Å². The molecule has 122 valence electrons. The molecule has 0 amide bonds. The molecule has 0 atom stereocenters. The summed E-state index contributed by atoms with van der Waals surface area (Å²) in [5.41, 5.74) is 2.91. The van der Waals surface area contributed by atoms with Crippen LogP contribution in [0.4, 0.5) is 11.5 Å². The van der Waals surface area contributed by atoms with E-state index in [1.54, 1.807) is 11.3 Å². The van der Waals surface area contributed by atoms with E-state index in [0.29, 0.717) is 5.82 Å². The molecule has 9 heteroatoms. The van der Waals surface area contributed by atoms with Crippen molar-refractivity contribution in [2.24, 2.45) is 5.10 Å². The van der Waals surface area contributed by atoms with Gasteiger partial charge in [0.1, 0.15) is 16.9 Å². The van der Waals surface area contributed by atoms with E-state index in [1.165, 1.54) is 35.6 Å². The van der Waals surface area contributed by atoms with Gasteiger partial charge in [-0.1, -0.05) is 6.92 Å². The van der Waals surface area contributed by atoms with Gasteiger partial charge in [-0.3, -0.25) is 15.5 Å². The van der Waals surface area contributed by atoms with E-state index in [-0.39, 0.29) is 17.0 Å². The zero-order valence-electron chi connectivity index (χ0n) is 12.6. The number of phenols is 1. The van der Waals surface area contributed by atoms with Crippen LogP contribution in [0.3, 0.4) is 0 Å². The van der Waals surface area contributed by atoms with Gasteiger partial charge in [-0.15, -0.1) is 11.3 Å². The lowest BCUT2D eigenvalue weighted by Crippen LogP contribution is -1.95. The summed E-state index contributed by atoms with van der Waals surface area (Å²) in [5, 5.41) is 25.4. The molecule has 3 aromatic rings. The summed E-state index contributed by atoms with van der Waals surface area (Å²) in [6.07, 6.45) is 3.66. The molecule has 0 unspecified atom stereocenters. The van der Waals surface area contributed by atoms with E-state index in [9.17, 15) is 15.2 Å². The average Bonchev–Trinajstić information content (AvgIpc) is 3.00. The van der Waals surface area contributed by atoms with E-state index < -0.39 is 4.92 Å². The number of thiophene rings is 1. The van der Waals surface area contributed by atoms with Crippen LogP contribution in [0.2, 0.25) is 0 Å². The first-order valence-electron chi connectivity index (χ1n) is 7.08. The van der Waals surface area contributed by atoms with Crippen LogP contribution in [0.1, 0.15) is 17.4 Å². The molecule has 24 heavy (non-hydrogen) atoms. The molecule has 0 radical (unpaired) electrons. The molecular formula is C15H13N5O3S. The highest BCUT2D eigenvalue weighted by Gasteiger charge is 2.09. The van der Waals surface area contributed by atoms with Crippen molar-refractivity contribution >= 4 is 39.3 Å². The number of rotatable bonds is 5. The van der Waals surface area contributed by atoms with E-state index in [0.717, 1.165) is 16.6 Å². The minimum atomic E-state index is -0.532. The Labute approximate surface area is 140 Å². The Morgan fingerprint density at radius 3 is 3.00 bits per heavy atom. The van der Waals surface area contributed by atoms with Crippen LogP contribution in [0.5, 0.6) is 5.75 Å². The standard InChI is InChI=1S/C15H13N5O3S/c1-2-11-6-12-14(16-8-17-15(12)24-11)19-18-7-9-5-10(20(22)23)3-4-13(9)21/h3-8,21H,2H2,1H3,(H,16,17,19)/b18-7+. The van der Waals surface area contributed by atoms with Gasteiger partial charge in [-0.2, -0.15) is 5.10 Å². The molecule has 0 aliphatic carbocycles. The largest absolute Gasteiger partial charge is 0.507 e. The Morgan fingerprint density at radius 1 is 1.42 bits per heavy atom. The number of aromatic nitrogens is 2. The minimum Gasteiger partial charge on any atom is -0.507 e. The molecule has 2 N–H and O–H groups in total. The number of nitro benzene ring substituents is 1. The zero-order valence-corrected chi connectivity index (χ0v) is 13.4. The molecule has 0 saturated carbocycles. The zero-order chi connectivity index (χ0) is 17.1. The van der Waals surface area contributed by atoms with Gasteiger partial charge in [0.05, 0.1) is 16.5 Å². The Morgan fingerprint density at radius 2 is 2.25 bits per heavy atom. The maximum Gasteiger partial charge on any atom is 0.270 e. The fourth-order valence-electron chi connectivity index (χ4n) is 2.09. The SMILES string of the molecule is CCc1cc2c(N/N=C/c3cc([N+](=O)[O-])ccc3O)ncnc2s1. The third-order valence-corrected chi connectivity index (χ3v) is 4.51. The number of non-ortho nitro benzene ring substituents is 1. The van der Waals surface area contributed by atoms with Crippen molar-refractivity contribution in [1.29, 1.82) is 0 Å². The van der Waals surface area contributed by atoms with E-state index in [2.05, 4.69) is 27.4 Å². The van der Waals surface area contributed by atoms with Gasteiger partial charge in [0.15, 0.2) is 5.82 Å². The lowest BCUT2D eigenvalue weighted by molar-refractivity contribution is -0.384. The predicted octanol–water partition coefficient (Wildman–Crippen LogP) is 3.31. The van der Waals surface area contributed by atoms with Gasteiger partial charge in [0.2, 0.25) is 0 Å². The fraction of sp³-hybridized carbons (Fsp3) is 0.133. The van der Waals surface area contributed by atoms with Crippen molar-refractivity contribution in [1.82, 2.24) is 9.97 Å². The highest BCUT2D eigenvalue weighted by atomic mass is 32.1. The van der Waals surface area contributed by atoms with Crippen LogP contribution < -0.4 is 5.43 Å². The second kappa shape index (κ2) is 6.59. The van der Waals surface area contributed by atoms with Crippen molar-refractivity contribution in [3.05, 3.63) is 51.1 Å². The number of hydrazone groups is 1. The predicted molar refractivity (Wildman–Crippen MR) is 92.8 cm³/mol. The Kier molecular flexibility index (Phi) is 4.34. The maximum atomic E-state index is 10.8. The van der Waals surface area contributed by atoms with Crippen molar-refractivity contribution in [2.45, 2.75) is 13.3 Å². The normalized spacial score (nSPS) is 11.2. The second-order valence-corrected chi connectivity index (χ2v) is 5.99. The number of anilines is 1. The van der Waals surface area contributed by atoms with Crippen molar-refractivity contribution in [3.8, 4) is 5.75 Å². The number of nitrogens with one attached hydrogen (secondary N) is 1. The molecule has 0 saturated heterocycles. The van der Waals surface area contributed by atoms with E-state index in [1.807, 2.05) is 6.07 Å². The third kappa shape index (κ3) is 3.15. The molecule has 0 aliphatic heterocycles. The Hall–Kier alpha value is -3.07. The first kappa shape index (κ1) is 15.8.